The van der Waals surface area contributed by atoms with Crippen LogP contribution in [0.3, 0.4) is 0 Å². The van der Waals surface area contributed by atoms with E-state index in [-0.39, 0.29) is 18.1 Å². The van der Waals surface area contributed by atoms with Crippen LogP contribution in [0.1, 0.15) is 18.4 Å². The first-order valence-electron chi connectivity index (χ1n) is 8.71. The Labute approximate surface area is 165 Å². The Morgan fingerprint density at radius 2 is 2.04 bits per heavy atom. The molecule has 2 saturated heterocycles. The lowest BCUT2D eigenvalue weighted by molar-refractivity contribution is -0.192. The van der Waals surface area contributed by atoms with Crippen LogP contribution in [-0.4, -0.2) is 71.3 Å². The summed E-state index contributed by atoms with van der Waals surface area (Å²) < 4.78 is 37.7. The number of rotatable bonds is 4. The molecule has 10 heteroatoms. The van der Waals surface area contributed by atoms with Crippen molar-refractivity contribution in [3.8, 4) is 0 Å². The summed E-state index contributed by atoms with van der Waals surface area (Å²) in [5.41, 5.74) is 1.26. The van der Waals surface area contributed by atoms with Crippen molar-refractivity contribution in [2.75, 3.05) is 32.8 Å². The first-order chi connectivity index (χ1) is 13.1. The van der Waals surface area contributed by atoms with Crippen LogP contribution in [-0.2, 0) is 20.9 Å². The molecule has 0 radical (unpaired) electrons. The molecule has 0 aliphatic carbocycles. The standard InChI is InChI=1S/C16H22N2O2S.C2HF3O2/c1-2-6-18-13-16(20-11-15(18)19)4-7-17(8-5-16)10-14-3-9-21-12-14;3-2(4,5)1(6)7/h2-3,9,12H,1,4-8,10-11,13H2;(H,6,7). The Morgan fingerprint density at radius 1 is 1.39 bits per heavy atom. The highest BCUT2D eigenvalue weighted by molar-refractivity contribution is 7.07. The first kappa shape index (κ1) is 22.4. The van der Waals surface area contributed by atoms with Gasteiger partial charge in [0, 0.05) is 26.2 Å². The molecule has 0 bridgehead atoms. The molecular weight excluding hydrogens is 397 g/mol. The molecule has 28 heavy (non-hydrogen) atoms. The fourth-order valence-corrected chi connectivity index (χ4v) is 3.83. The van der Waals surface area contributed by atoms with Gasteiger partial charge in [0.25, 0.3) is 0 Å². The molecule has 0 atom stereocenters. The van der Waals surface area contributed by atoms with E-state index in [1.54, 1.807) is 17.4 Å². The van der Waals surface area contributed by atoms with E-state index in [1.165, 1.54) is 5.56 Å². The lowest BCUT2D eigenvalue weighted by Crippen LogP contribution is -2.58. The van der Waals surface area contributed by atoms with Gasteiger partial charge in [-0.15, -0.1) is 6.58 Å². The van der Waals surface area contributed by atoms with Gasteiger partial charge in [0.05, 0.1) is 12.1 Å². The number of ether oxygens (including phenoxy) is 1. The van der Waals surface area contributed by atoms with E-state index in [0.29, 0.717) is 13.1 Å². The molecule has 2 aliphatic heterocycles. The predicted octanol–water partition coefficient (Wildman–Crippen LogP) is 2.76. The van der Waals surface area contributed by atoms with Crippen LogP contribution in [0.2, 0.25) is 0 Å². The van der Waals surface area contributed by atoms with Gasteiger partial charge in [-0.3, -0.25) is 9.69 Å². The van der Waals surface area contributed by atoms with Gasteiger partial charge in [-0.25, -0.2) is 4.79 Å². The number of morpholine rings is 1. The highest BCUT2D eigenvalue weighted by Gasteiger charge is 2.41. The molecule has 0 aromatic carbocycles. The normalized spacial score (nSPS) is 19.8. The van der Waals surface area contributed by atoms with Crippen molar-refractivity contribution in [1.29, 1.82) is 0 Å². The molecule has 1 N–H and O–H groups in total. The molecule has 2 aliphatic rings. The number of carboxylic acid groups (broad SMARTS) is 1. The monoisotopic (exact) mass is 420 g/mol. The Morgan fingerprint density at radius 3 is 2.54 bits per heavy atom. The maximum absolute atomic E-state index is 11.8. The molecule has 3 heterocycles. The van der Waals surface area contributed by atoms with Gasteiger partial charge in [0.15, 0.2) is 0 Å². The third-order valence-electron chi connectivity index (χ3n) is 4.68. The summed E-state index contributed by atoms with van der Waals surface area (Å²) in [7, 11) is 0. The van der Waals surface area contributed by atoms with Gasteiger partial charge in [-0.1, -0.05) is 6.08 Å². The number of amides is 1. The number of alkyl halides is 3. The molecule has 1 aromatic heterocycles. The van der Waals surface area contributed by atoms with Gasteiger partial charge in [0.2, 0.25) is 5.91 Å². The van der Waals surface area contributed by atoms with Gasteiger partial charge in [-0.05, 0) is 35.2 Å². The van der Waals surface area contributed by atoms with E-state index in [9.17, 15) is 18.0 Å². The summed E-state index contributed by atoms with van der Waals surface area (Å²) in [6.45, 7) is 8.39. The number of piperidine rings is 1. The lowest BCUT2D eigenvalue weighted by Gasteiger charge is -2.46. The van der Waals surface area contributed by atoms with E-state index in [2.05, 4.69) is 28.3 Å². The molecule has 156 valence electrons. The largest absolute Gasteiger partial charge is 0.490 e. The van der Waals surface area contributed by atoms with Gasteiger partial charge in [0.1, 0.15) is 6.61 Å². The van der Waals surface area contributed by atoms with Crippen molar-refractivity contribution in [2.45, 2.75) is 31.2 Å². The van der Waals surface area contributed by atoms with Crippen LogP contribution in [0, 0.1) is 0 Å². The van der Waals surface area contributed by atoms with E-state index in [4.69, 9.17) is 14.6 Å². The summed E-state index contributed by atoms with van der Waals surface area (Å²) in [6.07, 6.45) is -1.29. The number of carboxylic acids is 1. The molecule has 3 rings (SSSR count). The molecular formula is C18H23F3N2O4S. The second-order valence-electron chi connectivity index (χ2n) is 6.75. The van der Waals surface area contributed by atoms with Crippen molar-refractivity contribution in [2.24, 2.45) is 0 Å². The minimum absolute atomic E-state index is 0.0845. The maximum Gasteiger partial charge on any atom is 0.490 e. The minimum Gasteiger partial charge on any atom is -0.475 e. The highest BCUT2D eigenvalue weighted by atomic mass is 32.1. The van der Waals surface area contributed by atoms with Crippen molar-refractivity contribution < 1.29 is 32.6 Å². The van der Waals surface area contributed by atoms with Gasteiger partial charge >= 0.3 is 12.1 Å². The molecule has 1 spiro atoms. The van der Waals surface area contributed by atoms with Crippen molar-refractivity contribution in [3.05, 3.63) is 35.0 Å². The zero-order valence-electron chi connectivity index (χ0n) is 15.3. The fourth-order valence-electron chi connectivity index (χ4n) is 3.17. The third kappa shape index (κ3) is 6.32. The van der Waals surface area contributed by atoms with E-state index in [1.807, 2.05) is 4.90 Å². The number of thiophene rings is 1. The SMILES string of the molecule is C=CCN1CC2(CCN(Cc3ccsc3)CC2)OCC1=O.O=C(O)C(F)(F)F. The second kappa shape index (κ2) is 9.53. The Kier molecular flexibility index (Phi) is 7.62. The summed E-state index contributed by atoms with van der Waals surface area (Å²) in [4.78, 5) is 25.1. The first-order valence-corrected chi connectivity index (χ1v) is 9.66. The number of carbonyl (C=O) groups excluding carboxylic acids is 1. The van der Waals surface area contributed by atoms with Crippen LogP contribution in [0.15, 0.2) is 29.5 Å². The maximum atomic E-state index is 11.8. The number of halogens is 3. The number of hydrogen-bond acceptors (Lipinski definition) is 5. The molecule has 1 aromatic rings. The molecule has 6 nitrogen and oxygen atoms in total. The predicted molar refractivity (Wildman–Crippen MR) is 98.0 cm³/mol. The topological polar surface area (TPSA) is 70.1 Å². The lowest BCUT2D eigenvalue weighted by atomic mass is 9.89. The number of aliphatic carboxylic acids is 1. The third-order valence-corrected chi connectivity index (χ3v) is 5.41. The van der Waals surface area contributed by atoms with Gasteiger partial charge in [-0.2, -0.15) is 24.5 Å². The number of hydrogen-bond donors (Lipinski definition) is 1. The quantitative estimate of drug-likeness (QED) is 0.759. The van der Waals surface area contributed by atoms with E-state index < -0.39 is 12.1 Å². The van der Waals surface area contributed by atoms with E-state index in [0.717, 1.165) is 32.5 Å². The second-order valence-corrected chi connectivity index (χ2v) is 7.53. The van der Waals surface area contributed by atoms with E-state index >= 15 is 0 Å². The zero-order chi connectivity index (χ0) is 20.8. The summed E-state index contributed by atoms with van der Waals surface area (Å²) in [5, 5.41) is 11.5. The van der Waals surface area contributed by atoms with Crippen molar-refractivity contribution in [3.63, 3.8) is 0 Å². The Hall–Kier alpha value is -1.91. The summed E-state index contributed by atoms with van der Waals surface area (Å²) in [5.74, 6) is -2.67. The average molecular weight is 420 g/mol. The van der Waals surface area contributed by atoms with Crippen LogP contribution < -0.4 is 0 Å². The molecule has 0 saturated carbocycles. The van der Waals surface area contributed by atoms with Crippen LogP contribution in [0.5, 0.6) is 0 Å². The Bertz CT molecular complexity index is 671. The highest BCUT2D eigenvalue weighted by Crippen LogP contribution is 2.31. The molecule has 2 fully saturated rings. The number of likely N-dealkylation sites (tertiary alicyclic amines) is 1. The van der Waals surface area contributed by atoms with Crippen molar-refractivity contribution in [1.82, 2.24) is 9.80 Å². The van der Waals surface area contributed by atoms with Crippen LogP contribution >= 0.6 is 11.3 Å². The smallest absolute Gasteiger partial charge is 0.475 e. The molecule has 0 unspecified atom stereocenters. The van der Waals surface area contributed by atoms with Crippen LogP contribution in [0.25, 0.3) is 0 Å². The average Bonchev–Trinajstić information content (AvgIpc) is 3.14. The van der Waals surface area contributed by atoms with Gasteiger partial charge < -0.3 is 14.7 Å². The zero-order valence-corrected chi connectivity index (χ0v) is 16.1. The number of carbonyl (C=O) groups is 2. The Balaban J connectivity index is 0.000000345. The fraction of sp³-hybridized carbons (Fsp3) is 0.556. The van der Waals surface area contributed by atoms with Crippen LogP contribution in [0.4, 0.5) is 13.2 Å². The minimum atomic E-state index is -5.08. The summed E-state index contributed by atoms with van der Waals surface area (Å²) >= 11 is 1.75. The van der Waals surface area contributed by atoms with Crippen molar-refractivity contribution >= 4 is 23.2 Å². The summed E-state index contributed by atoms with van der Waals surface area (Å²) in [6, 6.07) is 2.19. The number of nitrogens with zero attached hydrogens (tertiary/aromatic N) is 2. The molecule has 1 amide bonds.